The molecule has 0 spiro atoms. The first kappa shape index (κ1) is 14.8. The number of aromatic nitrogens is 3. The van der Waals surface area contributed by atoms with Crippen LogP contribution in [-0.4, -0.2) is 32.4 Å². The van der Waals surface area contributed by atoms with E-state index in [9.17, 15) is 4.79 Å². The third kappa shape index (κ3) is 3.68. The highest BCUT2D eigenvalue weighted by Gasteiger charge is 2.13. The molecular formula is C15H16N4O2. The van der Waals surface area contributed by atoms with Crippen LogP contribution in [0.4, 0.5) is 5.82 Å². The fraction of sp³-hybridized carbons (Fsp3) is 0.267. The van der Waals surface area contributed by atoms with Gasteiger partial charge in [0.25, 0.3) is 5.91 Å². The standard InChI is InChI=1S/C15H16N4O2/c1-3-12-10-13(19(2)18-12)15(21)17-14-9-11(5-4-8-20)6-7-16-14/h6-7,9-10,20H,3,8H2,1-2H3,(H,16,17,21). The molecule has 21 heavy (non-hydrogen) atoms. The lowest BCUT2D eigenvalue weighted by Gasteiger charge is -2.04. The number of hydrogen-bond acceptors (Lipinski definition) is 4. The van der Waals surface area contributed by atoms with Crippen LogP contribution < -0.4 is 5.32 Å². The molecular weight excluding hydrogens is 268 g/mol. The van der Waals surface area contributed by atoms with Crippen molar-refractivity contribution >= 4 is 11.7 Å². The monoisotopic (exact) mass is 284 g/mol. The van der Waals surface area contributed by atoms with Crippen LogP contribution in [-0.2, 0) is 13.5 Å². The van der Waals surface area contributed by atoms with Crippen LogP contribution in [0.25, 0.3) is 0 Å². The lowest BCUT2D eigenvalue weighted by Crippen LogP contribution is -2.16. The van der Waals surface area contributed by atoms with E-state index in [2.05, 4.69) is 27.2 Å². The molecule has 0 aliphatic rings. The summed E-state index contributed by atoms with van der Waals surface area (Å²) in [5, 5.41) is 15.6. The van der Waals surface area contributed by atoms with Crippen molar-refractivity contribution in [1.29, 1.82) is 0 Å². The summed E-state index contributed by atoms with van der Waals surface area (Å²) in [7, 11) is 1.73. The molecule has 2 N–H and O–H groups in total. The number of hydrogen-bond donors (Lipinski definition) is 2. The van der Waals surface area contributed by atoms with E-state index in [1.54, 1.807) is 36.1 Å². The van der Waals surface area contributed by atoms with Gasteiger partial charge in [-0.05, 0) is 24.6 Å². The predicted octanol–water partition coefficient (Wildman–Crippen LogP) is 0.974. The third-order valence-electron chi connectivity index (χ3n) is 2.84. The Hall–Kier alpha value is -2.65. The zero-order valence-corrected chi connectivity index (χ0v) is 11.9. The second-order valence-electron chi connectivity index (χ2n) is 4.34. The molecule has 2 aromatic rings. The van der Waals surface area contributed by atoms with Crippen LogP contribution in [0, 0.1) is 11.8 Å². The maximum absolute atomic E-state index is 12.2. The minimum Gasteiger partial charge on any atom is -0.384 e. The summed E-state index contributed by atoms with van der Waals surface area (Å²) in [5.41, 5.74) is 2.01. The zero-order valence-electron chi connectivity index (χ0n) is 11.9. The summed E-state index contributed by atoms with van der Waals surface area (Å²) in [6.45, 7) is 1.77. The van der Waals surface area contributed by atoms with Crippen LogP contribution in [0.15, 0.2) is 24.4 Å². The molecule has 0 radical (unpaired) electrons. The zero-order chi connectivity index (χ0) is 15.2. The second kappa shape index (κ2) is 6.68. The van der Waals surface area contributed by atoms with Crippen molar-refractivity contribution in [2.75, 3.05) is 11.9 Å². The molecule has 0 aromatic carbocycles. The van der Waals surface area contributed by atoms with Crippen molar-refractivity contribution in [2.45, 2.75) is 13.3 Å². The molecule has 2 aromatic heterocycles. The van der Waals surface area contributed by atoms with Crippen molar-refractivity contribution in [3.05, 3.63) is 41.3 Å². The number of rotatable bonds is 3. The first-order valence-corrected chi connectivity index (χ1v) is 6.54. The molecule has 0 saturated carbocycles. The van der Waals surface area contributed by atoms with E-state index in [1.807, 2.05) is 6.92 Å². The molecule has 0 aliphatic heterocycles. The number of aliphatic hydroxyl groups is 1. The quantitative estimate of drug-likeness (QED) is 0.823. The fourth-order valence-electron chi connectivity index (χ4n) is 1.81. The number of carbonyl (C=O) groups excluding carboxylic acids is 1. The molecule has 108 valence electrons. The Labute approximate surface area is 122 Å². The van der Waals surface area contributed by atoms with Crippen molar-refractivity contribution in [3.63, 3.8) is 0 Å². The summed E-state index contributed by atoms with van der Waals surface area (Å²) >= 11 is 0. The maximum atomic E-state index is 12.2. The Morgan fingerprint density at radius 3 is 2.95 bits per heavy atom. The van der Waals surface area contributed by atoms with E-state index in [-0.39, 0.29) is 12.5 Å². The number of carbonyl (C=O) groups is 1. The number of aryl methyl sites for hydroxylation is 2. The molecule has 1 amide bonds. The fourth-order valence-corrected chi connectivity index (χ4v) is 1.81. The van der Waals surface area contributed by atoms with E-state index < -0.39 is 0 Å². The Morgan fingerprint density at radius 2 is 2.29 bits per heavy atom. The van der Waals surface area contributed by atoms with E-state index >= 15 is 0 Å². The molecule has 0 atom stereocenters. The Kier molecular flexibility index (Phi) is 4.69. The van der Waals surface area contributed by atoms with Gasteiger partial charge in [-0.15, -0.1) is 0 Å². The number of nitrogens with zero attached hydrogens (tertiary/aromatic N) is 3. The van der Waals surface area contributed by atoms with E-state index in [0.717, 1.165) is 12.1 Å². The Morgan fingerprint density at radius 1 is 1.48 bits per heavy atom. The van der Waals surface area contributed by atoms with Gasteiger partial charge in [0.05, 0.1) is 5.69 Å². The average Bonchev–Trinajstić information content (AvgIpc) is 2.87. The first-order valence-electron chi connectivity index (χ1n) is 6.54. The topological polar surface area (TPSA) is 80.0 Å². The Balaban J connectivity index is 2.17. The van der Waals surface area contributed by atoms with Crippen LogP contribution in [0.2, 0.25) is 0 Å². The second-order valence-corrected chi connectivity index (χ2v) is 4.34. The third-order valence-corrected chi connectivity index (χ3v) is 2.84. The summed E-state index contributed by atoms with van der Waals surface area (Å²) in [5.74, 6) is 5.44. The van der Waals surface area contributed by atoms with Gasteiger partial charge >= 0.3 is 0 Å². The predicted molar refractivity (Wildman–Crippen MR) is 78.7 cm³/mol. The van der Waals surface area contributed by atoms with E-state index in [4.69, 9.17) is 5.11 Å². The number of pyridine rings is 1. The van der Waals surface area contributed by atoms with Gasteiger partial charge in [0.15, 0.2) is 0 Å². The number of aliphatic hydroxyl groups excluding tert-OH is 1. The van der Waals surface area contributed by atoms with Gasteiger partial charge in [-0.1, -0.05) is 18.8 Å². The van der Waals surface area contributed by atoms with Crippen LogP contribution in [0.1, 0.15) is 28.7 Å². The van der Waals surface area contributed by atoms with Crippen molar-refractivity contribution < 1.29 is 9.90 Å². The molecule has 6 heteroatoms. The van der Waals surface area contributed by atoms with Gasteiger partial charge in [-0.25, -0.2) is 4.98 Å². The lowest BCUT2D eigenvalue weighted by molar-refractivity contribution is 0.101. The maximum Gasteiger partial charge on any atom is 0.275 e. The van der Waals surface area contributed by atoms with Crippen LogP contribution in [0.5, 0.6) is 0 Å². The first-order chi connectivity index (χ1) is 10.1. The summed E-state index contributed by atoms with van der Waals surface area (Å²) in [6, 6.07) is 5.11. The molecule has 6 nitrogen and oxygen atoms in total. The molecule has 0 unspecified atom stereocenters. The summed E-state index contributed by atoms with van der Waals surface area (Å²) in [6.07, 6.45) is 2.32. The molecule has 0 fully saturated rings. The van der Waals surface area contributed by atoms with Crippen molar-refractivity contribution in [3.8, 4) is 11.8 Å². The van der Waals surface area contributed by atoms with Gasteiger partial charge in [0.1, 0.15) is 18.1 Å². The number of amides is 1. The highest BCUT2D eigenvalue weighted by Crippen LogP contribution is 2.10. The highest BCUT2D eigenvalue weighted by atomic mass is 16.2. The number of nitrogens with one attached hydrogen (secondary N) is 1. The number of anilines is 1. The van der Waals surface area contributed by atoms with Crippen LogP contribution in [0.3, 0.4) is 0 Å². The highest BCUT2D eigenvalue weighted by molar-refractivity contribution is 6.02. The van der Waals surface area contributed by atoms with Gasteiger partial charge < -0.3 is 10.4 Å². The summed E-state index contributed by atoms with van der Waals surface area (Å²) in [4.78, 5) is 16.3. The van der Waals surface area contributed by atoms with Crippen molar-refractivity contribution in [2.24, 2.45) is 7.05 Å². The van der Waals surface area contributed by atoms with Gasteiger partial charge in [0.2, 0.25) is 0 Å². The minimum atomic E-state index is -0.274. The average molecular weight is 284 g/mol. The van der Waals surface area contributed by atoms with Gasteiger partial charge in [0, 0.05) is 18.8 Å². The van der Waals surface area contributed by atoms with E-state index in [0.29, 0.717) is 17.1 Å². The SMILES string of the molecule is CCc1cc(C(=O)Nc2cc(C#CCO)ccn2)n(C)n1. The molecule has 2 rings (SSSR count). The molecule has 2 heterocycles. The van der Waals surface area contributed by atoms with Crippen molar-refractivity contribution in [1.82, 2.24) is 14.8 Å². The lowest BCUT2D eigenvalue weighted by atomic mass is 10.2. The largest absolute Gasteiger partial charge is 0.384 e. The molecule has 0 bridgehead atoms. The minimum absolute atomic E-state index is 0.209. The smallest absolute Gasteiger partial charge is 0.275 e. The molecule has 0 aliphatic carbocycles. The summed E-state index contributed by atoms with van der Waals surface area (Å²) < 4.78 is 1.55. The molecule has 0 saturated heterocycles. The normalized spacial score (nSPS) is 9.86. The van der Waals surface area contributed by atoms with E-state index in [1.165, 1.54) is 0 Å². The van der Waals surface area contributed by atoms with Gasteiger partial charge in [-0.2, -0.15) is 5.10 Å². The van der Waals surface area contributed by atoms with Crippen LogP contribution >= 0.6 is 0 Å². The Bertz CT molecular complexity index is 710. The van der Waals surface area contributed by atoms with Gasteiger partial charge in [-0.3, -0.25) is 9.48 Å².